The van der Waals surface area contributed by atoms with Gasteiger partial charge >= 0.3 is 0 Å². The molecule has 0 aliphatic heterocycles. The quantitative estimate of drug-likeness (QED) is 0.370. The van der Waals surface area contributed by atoms with Gasteiger partial charge in [0.25, 0.3) is 0 Å². The molecule has 152 valence electrons. The van der Waals surface area contributed by atoms with Crippen LogP contribution in [0.4, 0.5) is 0 Å². The van der Waals surface area contributed by atoms with Gasteiger partial charge in [-0.2, -0.15) is 8.75 Å². The predicted octanol–water partition coefficient (Wildman–Crippen LogP) is 5.50. The maximum Gasteiger partial charge on any atom is 0.131 e. The lowest BCUT2D eigenvalue weighted by Crippen LogP contribution is -1.96. The normalized spacial score (nSPS) is 10.9. The predicted molar refractivity (Wildman–Crippen MR) is 122 cm³/mol. The Kier molecular flexibility index (Phi) is 5.01. The van der Waals surface area contributed by atoms with Crippen molar-refractivity contribution in [2.75, 3.05) is 14.2 Å². The molecule has 0 saturated carbocycles. The van der Waals surface area contributed by atoms with Gasteiger partial charge in [-0.1, -0.05) is 12.1 Å². The van der Waals surface area contributed by atoms with Crippen LogP contribution in [0.2, 0.25) is 0 Å². The fraction of sp³-hybridized carbons (Fsp3) is 0.0833. The van der Waals surface area contributed by atoms with Crippen molar-refractivity contribution >= 4 is 22.8 Å². The van der Waals surface area contributed by atoms with Crippen molar-refractivity contribution in [1.82, 2.24) is 18.7 Å². The van der Waals surface area contributed by atoms with E-state index in [1.54, 1.807) is 26.6 Å². The minimum Gasteiger partial charge on any atom is -0.497 e. The number of aromatic nitrogens is 4. The first-order chi connectivity index (χ1) is 15.3. The molecule has 0 N–H and O–H groups in total. The van der Waals surface area contributed by atoms with Crippen LogP contribution in [-0.2, 0) is 0 Å². The lowest BCUT2D eigenvalue weighted by atomic mass is 9.96. The van der Waals surface area contributed by atoms with E-state index >= 15 is 0 Å². The largest absolute Gasteiger partial charge is 0.497 e. The summed E-state index contributed by atoms with van der Waals surface area (Å²) >= 11 is 1.19. The summed E-state index contributed by atoms with van der Waals surface area (Å²) < 4.78 is 19.9. The number of nitrogens with zero attached hydrogens (tertiary/aromatic N) is 4. The first-order valence-corrected chi connectivity index (χ1v) is 10.4. The summed E-state index contributed by atoms with van der Waals surface area (Å²) in [6.45, 7) is 0. The van der Waals surface area contributed by atoms with Crippen LogP contribution in [0.5, 0.6) is 11.5 Å². The second kappa shape index (κ2) is 8.12. The van der Waals surface area contributed by atoms with Crippen molar-refractivity contribution < 1.29 is 9.47 Å². The Hall–Kier alpha value is -3.84. The summed E-state index contributed by atoms with van der Waals surface area (Å²) in [7, 11) is 3.31. The fourth-order valence-corrected chi connectivity index (χ4v) is 4.10. The number of fused-ring (bicyclic) bond motifs is 1. The molecule has 0 atom stereocenters. The average Bonchev–Trinajstić information content (AvgIpc) is 3.33. The Morgan fingerprint density at radius 3 is 1.77 bits per heavy atom. The summed E-state index contributed by atoms with van der Waals surface area (Å²) in [6.07, 6.45) is 3.54. The lowest BCUT2D eigenvalue weighted by Gasteiger charge is -2.13. The molecule has 7 heteroatoms. The summed E-state index contributed by atoms with van der Waals surface area (Å²) in [6, 6.07) is 19.7. The third kappa shape index (κ3) is 3.49. The molecule has 0 fully saturated rings. The maximum atomic E-state index is 5.33. The third-order valence-electron chi connectivity index (χ3n) is 5.11. The summed E-state index contributed by atoms with van der Waals surface area (Å²) in [5, 5.41) is 0. The second-order valence-electron chi connectivity index (χ2n) is 6.84. The molecular formula is C24H18N4O2S. The van der Waals surface area contributed by atoms with E-state index in [2.05, 4.69) is 13.7 Å². The van der Waals surface area contributed by atoms with E-state index in [1.165, 1.54) is 11.7 Å². The molecule has 0 bridgehead atoms. The summed E-state index contributed by atoms with van der Waals surface area (Å²) in [5.74, 6) is 1.59. The van der Waals surface area contributed by atoms with Gasteiger partial charge in [0.2, 0.25) is 0 Å². The zero-order valence-electron chi connectivity index (χ0n) is 16.9. The highest BCUT2D eigenvalue weighted by molar-refractivity contribution is 7.00. The average molecular weight is 427 g/mol. The molecule has 2 aromatic carbocycles. The van der Waals surface area contributed by atoms with Gasteiger partial charge in [0, 0.05) is 29.1 Å². The number of ether oxygens (including phenoxy) is 2. The highest BCUT2D eigenvalue weighted by Gasteiger charge is 2.21. The number of rotatable bonds is 5. The van der Waals surface area contributed by atoms with Gasteiger partial charge in [0.15, 0.2) is 0 Å². The molecule has 5 rings (SSSR count). The first-order valence-electron chi connectivity index (χ1n) is 9.64. The summed E-state index contributed by atoms with van der Waals surface area (Å²) in [4.78, 5) is 9.26. The number of pyridine rings is 2. The van der Waals surface area contributed by atoms with Crippen molar-refractivity contribution in [2.24, 2.45) is 0 Å². The number of hydrogen-bond donors (Lipinski definition) is 0. The van der Waals surface area contributed by atoms with Gasteiger partial charge < -0.3 is 9.47 Å². The summed E-state index contributed by atoms with van der Waals surface area (Å²) in [5.41, 5.74) is 7.07. The van der Waals surface area contributed by atoms with E-state index in [0.29, 0.717) is 0 Å². The van der Waals surface area contributed by atoms with Crippen LogP contribution in [0.1, 0.15) is 0 Å². The Balaban J connectivity index is 1.80. The second-order valence-corrected chi connectivity index (χ2v) is 7.37. The molecule has 31 heavy (non-hydrogen) atoms. The van der Waals surface area contributed by atoms with Crippen molar-refractivity contribution in [1.29, 1.82) is 0 Å². The highest BCUT2D eigenvalue weighted by atomic mass is 32.1. The molecular weight excluding hydrogens is 408 g/mol. The number of benzene rings is 2. The van der Waals surface area contributed by atoms with E-state index in [1.807, 2.05) is 60.7 Å². The minimum absolute atomic E-state index is 0.777. The topological polar surface area (TPSA) is 70.0 Å². The van der Waals surface area contributed by atoms with Gasteiger partial charge in [0.1, 0.15) is 28.2 Å². The van der Waals surface area contributed by atoms with Crippen LogP contribution >= 0.6 is 11.7 Å². The van der Waals surface area contributed by atoms with Crippen LogP contribution in [0, 0.1) is 0 Å². The third-order valence-corrected chi connectivity index (χ3v) is 5.63. The van der Waals surface area contributed by atoms with Crippen molar-refractivity contribution in [2.45, 2.75) is 0 Å². The molecule has 5 aromatic rings. The first kappa shape index (κ1) is 19.1. The lowest BCUT2D eigenvalue weighted by molar-refractivity contribution is 0.415. The molecule has 0 aliphatic rings. The van der Waals surface area contributed by atoms with Crippen molar-refractivity contribution in [3.8, 4) is 45.1 Å². The Morgan fingerprint density at radius 2 is 1.16 bits per heavy atom. The Labute approximate surface area is 183 Å². The molecule has 0 saturated heterocycles. The van der Waals surface area contributed by atoms with Gasteiger partial charge in [-0.3, -0.25) is 4.98 Å². The Morgan fingerprint density at radius 1 is 0.613 bits per heavy atom. The van der Waals surface area contributed by atoms with E-state index < -0.39 is 0 Å². The smallest absolute Gasteiger partial charge is 0.131 e. The molecule has 0 radical (unpaired) electrons. The van der Waals surface area contributed by atoms with Gasteiger partial charge in [-0.25, -0.2) is 4.98 Å². The standard InChI is InChI=1S/C24H18N4O2S/c1-29-18-7-3-15(4-8-18)20-21(17-11-13-25-14-12-17)26-22(24-23(20)27-31-28-24)16-5-9-19(30-2)10-6-16/h3-14H,1-2H3. The van der Waals surface area contributed by atoms with Crippen molar-refractivity contribution in [3.05, 3.63) is 73.1 Å². The molecule has 3 heterocycles. The van der Waals surface area contributed by atoms with Crippen LogP contribution < -0.4 is 9.47 Å². The van der Waals surface area contributed by atoms with Gasteiger partial charge in [0.05, 0.1) is 31.6 Å². The highest BCUT2D eigenvalue weighted by Crippen LogP contribution is 2.40. The van der Waals surface area contributed by atoms with E-state index in [0.717, 1.165) is 56.2 Å². The Bertz CT molecular complexity index is 1330. The number of methoxy groups -OCH3 is 2. The van der Waals surface area contributed by atoms with Crippen LogP contribution in [0.25, 0.3) is 44.7 Å². The SMILES string of the molecule is COc1ccc(-c2nc(-c3ccncc3)c(-c3ccc(OC)cc3)c3nsnc23)cc1. The molecule has 0 spiro atoms. The van der Waals surface area contributed by atoms with Crippen LogP contribution in [-0.4, -0.2) is 32.9 Å². The zero-order chi connectivity index (χ0) is 21.2. The van der Waals surface area contributed by atoms with Crippen LogP contribution in [0.15, 0.2) is 73.1 Å². The molecule has 6 nitrogen and oxygen atoms in total. The monoisotopic (exact) mass is 426 g/mol. The van der Waals surface area contributed by atoms with Crippen molar-refractivity contribution in [3.63, 3.8) is 0 Å². The van der Waals surface area contributed by atoms with E-state index in [4.69, 9.17) is 14.5 Å². The molecule has 0 unspecified atom stereocenters. The molecule has 0 amide bonds. The van der Waals surface area contributed by atoms with E-state index in [9.17, 15) is 0 Å². The minimum atomic E-state index is 0.777. The molecule has 0 aliphatic carbocycles. The molecule has 3 aromatic heterocycles. The fourth-order valence-electron chi connectivity index (χ4n) is 3.54. The van der Waals surface area contributed by atoms with Crippen LogP contribution in [0.3, 0.4) is 0 Å². The zero-order valence-corrected chi connectivity index (χ0v) is 17.8. The van der Waals surface area contributed by atoms with E-state index in [-0.39, 0.29) is 0 Å². The maximum absolute atomic E-state index is 5.33. The number of hydrogen-bond acceptors (Lipinski definition) is 7. The van der Waals surface area contributed by atoms with Gasteiger partial charge in [-0.05, 0) is 54.1 Å². The van der Waals surface area contributed by atoms with Gasteiger partial charge in [-0.15, -0.1) is 0 Å².